The van der Waals surface area contributed by atoms with Crippen molar-refractivity contribution in [3.05, 3.63) is 40.6 Å². The summed E-state index contributed by atoms with van der Waals surface area (Å²) in [5, 5.41) is 7.57. The van der Waals surface area contributed by atoms with Crippen molar-refractivity contribution < 1.29 is 4.79 Å². The molecule has 2 aliphatic rings. The van der Waals surface area contributed by atoms with Gasteiger partial charge in [-0.3, -0.25) is 9.78 Å². The van der Waals surface area contributed by atoms with Crippen LogP contribution >= 0.6 is 0 Å². The summed E-state index contributed by atoms with van der Waals surface area (Å²) in [6, 6.07) is 6.51. The molecular weight excluding hydrogens is 298 g/mol. The number of carbonyl (C=O) groups excluding carboxylic acids is 1. The first-order valence-electron chi connectivity index (χ1n) is 9.05. The molecule has 0 radical (unpaired) electrons. The van der Waals surface area contributed by atoms with Crippen LogP contribution in [0.4, 0.5) is 0 Å². The molecule has 1 unspecified atom stereocenters. The Morgan fingerprint density at radius 2 is 2.04 bits per heavy atom. The number of hydrogen-bond acceptors (Lipinski definition) is 3. The molecule has 1 aromatic carbocycles. The van der Waals surface area contributed by atoms with Gasteiger partial charge < -0.3 is 10.6 Å². The van der Waals surface area contributed by atoms with Gasteiger partial charge in [0.25, 0.3) is 5.91 Å². The maximum absolute atomic E-state index is 13.0. The fourth-order valence-electron chi connectivity index (χ4n) is 3.71. The van der Waals surface area contributed by atoms with Crippen molar-refractivity contribution in [2.75, 3.05) is 13.1 Å². The minimum Gasteiger partial charge on any atom is -0.348 e. The SMILES string of the molecule is Cc1cc(C)c2nc(C3CC3)cc(C(=O)NC3CCCNC3)c2c1. The molecule has 1 saturated carbocycles. The molecule has 1 aromatic heterocycles. The predicted molar refractivity (Wildman–Crippen MR) is 96.5 cm³/mol. The Morgan fingerprint density at radius 1 is 1.21 bits per heavy atom. The number of nitrogens with one attached hydrogen (secondary N) is 2. The van der Waals surface area contributed by atoms with Gasteiger partial charge in [-0.05, 0) is 63.8 Å². The molecule has 1 saturated heterocycles. The van der Waals surface area contributed by atoms with Gasteiger partial charge in [0, 0.05) is 29.6 Å². The maximum Gasteiger partial charge on any atom is 0.252 e. The number of hydrogen-bond donors (Lipinski definition) is 2. The summed E-state index contributed by atoms with van der Waals surface area (Å²) in [5.41, 5.74) is 5.19. The summed E-state index contributed by atoms with van der Waals surface area (Å²) >= 11 is 0. The lowest BCUT2D eigenvalue weighted by Gasteiger charge is -2.24. The molecular formula is C20H25N3O. The van der Waals surface area contributed by atoms with Gasteiger partial charge in [0.2, 0.25) is 0 Å². The van der Waals surface area contributed by atoms with E-state index in [1.54, 1.807) is 0 Å². The third-order valence-corrected chi connectivity index (χ3v) is 5.14. The summed E-state index contributed by atoms with van der Waals surface area (Å²) in [4.78, 5) is 17.9. The first kappa shape index (κ1) is 15.6. The van der Waals surface area contributed by atoms with E-state index >= 15 is 0 Å². The van der Waals surface area contributed by atoms with E-state index in [-0.39, 0.29) is 11.9 Å². The van der Waals surface area contributed by atoms with Gasteiger partial charge in [0.1, 0.15) is 0 Å². The minimum atomic E-state index is 0.0444. The molecule has 126 valence electrons. The average Bonchev–Trinajstić information content (AvgIpc) is 3.40. The van der Waals surface area contributed by atoms with E-state index in [0.717, 1.165) is 53.7 Å². The molecule has 1 aliphatic heterocycles. The Hall–Kier alpha value is -1.94. The molecule has 2 heterocycles. The first-order valence-corrected chi connectivity index (χ1v) is 9.05. The van der Waals surface area contributed by atoms with Gasteiger partial charge >= 0.3 is 0 Å². The molecule has 0 spiro atoms. The molecule has 24 heavy (non-hydrogen) atoms. The van der Waals surface area contributed by atoms with Crippen molar-refractivity contribution in [3.8, 4) is 0 Å². The lowest BCUT2D eigenvalue weighted by Crippen LogP contribution is -2.45. The second-order valence-electron chi connectivity index (χ2n) is 7.36. The largest absolute Gasteiger partial charge is 0.348 e. The highest BCUT2D eigenvalue weighted by molar-refractivity contribution is 6.07. The number of carbonyl (C=O) groups is 1. The summed E-state index contributed by atoms with van der Waals surface area (Å²) in [6.45, 7) is 6.08. The van der Waals surface area contributed by atoms with Crippen LogP contribution in [0.2, 0.25) is 0 Å². The van der Waals surface area contributed by atoms with Crippen molar-refractivity contribution in [3.63, 3.8) is 0 Å². The number of rotatable bonds is 3. The number of fused-ring (bicyclic) bond motifs is 1. The van der Waals surface area contributed by atoms with Gasteiger partial charge in [-0.1, -0.05) is 11.6 Å². The van der Waals surface area contributed by atoms with E-state index in [2.05, 4.69) is 36.6 Å². The Balaban J connectivity index is 1.75. The van der Waals surface area contributed by atoms with Crippen LogP contribution in [0.1, 0.15) is 58.8 Å². The summed E-state index contributed by atoms with van der Waals surface area (Å²) in [6.07, 6.45) is 4.55. The van der Waals surface area contributed by atoms with Crippen LogP contribution in [0.5, 0.6) is 0 Å². The summed E-state index contributed by atoms with van der Waals surface area (Å²) in [7, 11) is 0. The molecule has 1 amide bonds. The van der Waals surface area contributed by atoms with Crippen molar-refractivity contribution in [2.24, 2.45) is 0 Å². The summed E-state index contributed by atoms with van der Waals surface area (Å²) < 4.78 is 0. The minimum absolute atomic E-state index is 0.0444. The molecule has 1 atom stereocenters. The molecule has 1 aliphatic carbocycles. The zero-order valence-electron chi connectivity index (χ0n) is 14.5. The molecule has 4 rings (SSSR count). The topological polar surface area (TPSA) is 54.0 Å². The Kier molecular flexibility index (Phi) is 4.01. The molecule has 0 bridgehead atoms. The highest BCUT2D eigenvalue weighted by atomic mass is 16.1. The van der Waals surface area contributed by atoms with Crippen LogP contribution in [0.3, 0.4) is 0 Å². The number of pyridine rings is 1. The lowest BCUT2D eigenvalue weighted by atomic mass is 9.99. The van der Waals surface area contributed by atoms with Gasteiger partial charge in [-0.2, -0.15) is 0 Å². The normalized spacial score (nSPS) is 21.0. The van der Waals surface area contributed by atoms with Crippen LogP contribution in [-0.4, -0.2) is 30.0 Å². The maximum atomic E-state index is 13.0. The highest BCUT2D eigenvalue weighted by Crippen LogP contribution is 2.40. The molecule has 2 fully saturated rings. The highest BCUT2D eigenvalue weighted by Gasteiger charge is 2.28. The standard InChI is InChI=1S/C20H25N3O/c1-12-8-13(2)19-16(9-12)17(10-18(23-19)14-5-6-14)20(24)22-15-4-3-7-21-11-15/h8-10,14-15,21H,3-7,11H2,1-2H3,(H,22,24). The number of nitrogens with zero attached hydrogens (tertiary/aromatic N) is 1. The van der Waals surface area contributed by atoms with Crippen LogP contribution in [-0.2, 0) is 0 Å². The van der Waals surface area contributed by atoms with Crippen LogP contribution in [0, 0.1) is 13.8 Å². The monoisotopic (exact) mass is 323 g/mol. The zero-order valence-corrected chi connectivity index (χ0v) is 14.5. The van der Waals surface area contributed by atoms with Crippen LogP contribution in [0.25, 0.3) is 10.9 Å². The van der Waals surface area contributed by atoms with Gasteiger partial charge in [0.15, 0.2) is 0 Å². The van der Waals surface area contributed by atoms with E-state index in [1.807, 2.05) is 6.07 Å². The van der Waals surface area contributed by atoms with Crippen molar-refractivity contribution in [2.45, 2.75) is 51.5 Å². The Bertz CT molecular complexity index is 789. The molecule has 2 aromatic rings. The van der Waals surface area contributed by atoms with Gasteiger partial charge in [0.05, 0.1) is 11.1 Å². The number of piperidine rings is 1. The fraction of sp³-hybridized carbons (Fsp3) is 0.500. The Labute approximate surface area is 143 Å². The third kappa shape index (κ3) is 3.03. The van der Waals surface area contributed by atoms with E-state index in [9.17, 15) is 4.79 Å². The van der Waals surface area contributed by atoms with Gasteiger partial charge in [-0.15, -0.1) is 0 Å². The third-order valence-electron chi connectivity index (χ3n) is 5.14. The van der Waals surface area contributed by atoms with E-state index in [4.69, 9.17) is 4.98 Å². The number of aromatic nitrogens is 1. The second kappa shape index (κ2) is 6.17. The fourth-order valence-corrected chi connectivity index (χ4v) is 3.71. The predicted octanol–water partition coefficient (Wildman–Crippen LogP) is 3.21. The van der Waals surface area contributed by atoms with Crippen molar-refractivity contribution >= 4 is 16.8 Å². The van der Waals surface area contributed by atoms with E-state index in [0.29, 0.717) is 5.92 Å². The average molecular weight is 323 g/mol. The van der Waals surface area contributed by atoms with Crippen molar-refractivity contribution in [1.82, 2.24) is 15.6 Å². The van der Waals surface area contributed by atoms with E-state index < -0.39 is 0 Å². The quantitative estimate of drug-likeness (QED) is 0.912. The lowest BCUT2D eigenvalue weighted by molar-refractivity contribution is 0.0932. The van der Waals surface area contributed by atoms with Gasteiger partial charge in [-0.25, -0.2) is 0 Å². The molecule has 4 heteroatoms. The van der Waals surface area contributed by atoms with Crippen LogP contribution < -0.4 is 10.6 Å². The smallest absolute Gasteiger partial charge is 0.252 e. The van der Waals surface area contributed by atoms with Crippen LogP contribution in [0.15, 0.2) is 18.2 Å². The molecule has 2 N–H and O–H groups in total. The van der Waals surface area contributed by atoms with E-state index in [1.165, 1.54) is 18.4 Å². The zero-order chi connectivity index (χ0) is 16.7. The van der Waals surface area contributed by atoms with Crippen molar-refractivity contribution in [1.29, 1.82) is 0 Å². The summed E-state index contributed by atoms with van der Waals surface area (Å²) in [5.74, 6) is 0.584. The Morgan fingerprint density at radius 3 is 2.75 bits per heavy atom. The molecule has 4 nitrogen and oxygen atoms in total. The number of aryl methyl sites for hydroxylation is 2. The number of benzene rings is 1. The second-order valence-corrected chi connectivity index (χ2v) is 7.36. The number of amides is 1. The first-order chi connectivity index (χ1) is 11.6.